The van der Waals surface area contributed by atoms with E-state index in [2.05, 4.69) is 20.3 Å². The first kappa shape index (κ1) is 17.7. The molecule has 0 unspecified atom stereocenters. The summed E-state index contributed by atoms with van der Waals surface area (Å²) >= 11 is 0.656. The molecule has 0 amide bonds. The highest BCUT2D eigenvalue weighted by Gasteiger charge is 2.30. The molecule has 9 nitrogen and oxygen atoms in total. The van der Waals surface area contributed by atoms with Crippen LogP contribution in [0.15, 0.2) is 28.3 Å². The minimum absolute atomic E-state index is 0.116. The van der Waals surface area contributed by atoms with Gasteiger partial charge in [-0.1, -0.05) is 0 Å². The molecule has 0 atom stereocenters. The smallest absolute Gasteiger partial charge is 0.408 e. The van der Waals surface area contributed by atoms with Crippen molar-refractivity contribution in [1.29, 1.82) is 0 Å². The number of methoxy groups -OCH3 is 1. The number of nitro benzene ring substituents is 1. The van der Waals surface area contributed by atoms with Crippen LogP contribution in [-0.2, 0) is 11.3 Å². The summed E-state index contributed by atoms with van der Waals surface area (Å²) in [5.74, 6) is -0.879. The molecule has 13 heteroatoms. The Balaban J connectivity index is 2.38. The lowest BCUT2D eigenvalue weighted by atomic mass is 10.2. The molecule has 0 N–H and O–H groups in total. The van der Waals surface area contributed by atoms with Crippen molar-refractivity contribution in [3.05, 3.63) is 33.9 Å². The van der Waals surface area contributed by atoms with E-state index in [1.54, 1.807) is 0 Å². The molecule has 0 bridgehead atoms. The van der Waals surface area contributed by atoms with Gasteiger partial charge in [-0.15, -0.1) is 5.10 Å². The van der Waals surface area contributed by atoms with Crippen molar-refractivity contribution in [2.24, 2.45) is 0 Å². The van der Waals surface area contributed by atoms with E-state index in [9.17, 15) is 28.1 Å². The quantitative estimate of drug-likeness (QED) is 0.451. The van der Waals surface area contributed by atoms with Gasteiger partial charge in [0.15, 0.2) is 0 Å². The van der Waals surface area contributed by atoms with E-state index in [1.807, 2.05) is 0 Å². The molecular weight excluding hydrogens is 355 g/mol. The van der Waals surface area contributed by atoms with Gasteiger partial charge in [-0.05, 0) is 28.3 Å². The van der Waals surface area contributed by atoms with E-state index in [0.717, 1.165) is 19.2 Å². The van der Waals surface area contributed by atoms with Gasteiger partial charge in [-0.3, -0.25) is 10.1 Å². The van der Waals surface area contributed by atoms with Crippen LogP contribution in [0, 0.1) is 10.1 Å². The maximum Gasteiger partial charge on any atom is 0.408 e. The van der Waals surface area contributed by atoms with E-state index in [0.29, 0.717) is 16.4 Å². The van der Waals surface area contributed by atoms with Gasteiger partial charge in [-0.25, -0.2) is 9.48 Å². The number of aromatic nitrogens is 4. The zero-order chi connectivity index (χ0) is 17.9. The summed E-state index contributed by atoms with van der Waals surface area (Å²) in [6.07, 6.45) is -4.54. The third-order valence-electron chi connectivity index (χ3n) is 2.61. The highest BCUT2D eigenvalue weighted by atomic mass is 32.2. The van der Waals surface area contributed by atoms with Crippen molar-refractivity contribution >= 4 is 23.4 Å². The van der Waals surface area contributed by atoms with Gasteiger partial charge in [0.2, 0.25) is 5.16 Å². The Kier molecular flexibility index (Phi) is 5.02. The largest absolute Gasteiger partial charge is 0.465 e. The number of non-ortho nitro benzene ring substituents is 1. The minimum Gasteiger partial charge on any atom is -0.465 e. The Morgan fingerprint density at radius 2 is 2.17 bits per heavy atom. The SMILES string of the molecule is COC(=O)c1cc([N+](=O)[O-])ccc1Sc1nnnn1CC(F)(F)F. The standard InChI is InChI=1S/C11H8F3N5O4S/c1-23-9(20)7-4-6(19(21)22)2-3-8(7)24-10-15-16-17-18(10)5-11(12,13)14/h2-4H,5H2,1H3. The van der Waals surface area contributed by atoms with Crippen molar-refractivity contribution in [3.8, 4) is 0 Å². The van der Waals surface area contributed by atoms with E-state index < -0.39 is 23.6 Å². The molecule has 1 heterocycles. The summed E-state index contributed by atoms with van der Waals surface area (Å²) in [4.78, 5) is 21.9. The lowest BCUT2D eigenvalue weighted by molar-refractivity contribution is -0.384. The lowest BCUT2D eigenvalue weighted by Crippen LogP contribution is -2.19. The molecule has 2 rings (SSSR count). The average Bonchev–Trinajstić information content (AvgIpc) is 2.91. The molecule has 0 aliphatic heterocycles. The number of hydrogen-bond acceptors (Lipinski definition) is 8. The molecule has 128 valence electrons. The second-order valence-electron chi connectivity index (χ2n) is 4.27. The van der Waals surface area contributed by atoms with Crippen LogP contribution >= 0.6 is 11.8 Å². The van der Waals surface area contributed by atoms with Crippen LogP contribution in [0.4, 0.5) is 18.9 Å². The van der Waals surface area contributed by atoms with Crippen LogP contribution in [0.2, 0.25) is 0 Å². The maximum absolute atomic E-state index is 12.5. The minimum atomic E-state index is -4.54. The molecule has 0 aliphatic rings. The fourth-order valence-electron chi connectivity index (χ4n) is 1.63. The van der Waals surface area contributed by atoms with Crippen LogP contribution in [0.25, 0.3) is 0 Å². The Bertz CT molecular complexity index is 779. The summed E-state index contributed by atoms with van der Waals surface area (Å²) in [5.41, 5.74) is -0.548. The summed E-state index contributed by atoms with van der Waals surface area (Å²) in [6, 6.07) is 3.28. The number of nitro groups is 1. The second kappa shape index (κ2) is 6.82. The molecule has 0 spiro atoms. The molecule has 0 fully saturated rings. The topological polar surface area (TPSA) is 113 Å². The third kappa shape index (κ3) is 4.18. The van der Waals surface area contributed by atoms with Gasteiger partial charge in [-0.2, -0.15) is 13.2 Å². The molecule has 1 aromatic carbocycles. The van der Waals surface area contributed by atoms with Crippen molar-refractivity contribution in [2.75, 3.05) is 7.11 Å². The number of hydrogen-bond donors (Lipinski definition) is 0. The van der Waals surface area contributed by atoms with Crippen LogP contribution in [-0.4, -0.2) is 44.4 Å². The highest BCUT2D eigenvalue weighted by Crippen LogP contribution is 2.32. The number of tetrazole rings is 1. The normalized spacial score (nSPS) is 11.3. The molecule has 0 aliphatic carbocycles. The van der Waals surface area contributed by atoms with Crippen molar-refractivity contribution in [3.63, 3.8) is 0 Å². The number of carbonyl (C=O) groups is 1. The van der Waals surface area contributed by atoms with Gasteiger partial charge >= 0.3 is 12.1 Å². The molecule has 1 aromatic heterocycles. The Morgan fingerprint density at radius 3 is 2.75 bits per heavy atom. The van der Waals surface area contributed by atoms with Crippen LogP contribution < -0.4 is 0 Å². The number of ether oxygens (including phenoxy) is 1. The first-order valence-electron chi connectivity index (χ1n) is 6.09. The zero-order valence-electron chi connectivity index (χ0n) is 11.9. The van der Waals surface area contributed by atoms with E-state index in [4.69, 9.17) is 0 Å². The number of esters is 1. The Labute approximate surface area is 135 Å². The van der Waals surface area contributed by atoms with Gasteiger partial charge in [0.25, 0.3) is 5.69 Å². The summed E-state index contributed by atoms with van der Waals surface area (Å²) in [6.45, 7) is -1.41. The molecule has 2 aromatic rings. The first-order valence-corrected chi connectivity index (χ1v) is 6.90. The lowest BCUT2D eigenvalue weighted by Gasteiger charge is -2.09. The number of carbonyl (C=O) groups excluding carboxylic acids is 1. The van der Waals surface area contributed by atoms with Crippen molar-refractivity contribution in [2.45, 2.75) is 22.8 Å². The Hall–Kier alpha value is -2.70. The van der Waals surface area contributed by atoms with Crippen molar-refractivity contribution in [1.82, 2.24) is 20.2 Å². The Morgan fingerprint density at radius 1 is 1.46 bits per heavy atom. The van der Waals surface area contributed by atoms with Gasteiger partial charge < -0.3 is 4.74 Å². The van der Waals surface area contributed by atoms with Crippen LogP contribution in [0.1, 0.15) is 10.4 Å². The maximum atomic E-state index is 12.5. The molecular formula is C11H8F3N5O4S. The van der Waals surface area contributed by atoms with Gasteiger partial charge in [0, 0.05) is 17.0 Å². The fraction of sp³-hybridized carbons (Fsp3) is 0.273. The van der Waals surface area contributed by atoms with Crippen molar-refractivity contribution < 1.29 is 27.6 Å². The monoisotopic (exact) mass is 363 g/mol. The van der Waals surface area contributed by atoms with Gasteiger partial charge in [0.05, 0.1) is 17.6 Å². The molecule has 0 saturated heterocycles. The average molecular weight is 363 g/mol. The fourth-order valence-corrected chi connectivity index (χ4v) is 2.50. The van der Waals surface area contributed by atoms with Crippen LogP contribution in [0.3, 0.4) is 0 Å². The van der Waals surface area contributed by atoms with Crippen LogP contribution in [0.5, 0.6) is 0 Å². The summed E-state index contributed by atoms with van der Waals surface area (Å²) < 4.78 is 42.4. The predicted octanol–water partition coefficient (Wildman–Crippen LogP) is 2.08. The number of nitrogens with zero attached hydrogens (tertiary/aromatic N) is 5. The number of halogens is 3. The summed E-state index contributed by atoms with van der Waals surface area (Å²) in [7, 11) is 1.07. The van der Waals surface area contributed by atoms with Gasteiger partial charge in [0.1, 0.15) is 6.54 Å². The van der Waals surface area contributed by atoms with E-state index in [1.165, 1.54) is 6.07 Å². The molecule has 24 heavy (non-hydrogen) atoms. The zero-order valence-corrected chi connectivity index (χ0v) is 12.7. The third-order valence-corrected chi connectivity index (χ3v) is 3.66. The molecule has 0 saturated carbocycles. The summed E-state index contributed by atoms with van der Waals surface area (Å²) in [5, 5.41) is 20.4. The molecule has 0 radical (unpaired) electrons. The number of rotatable bonds is 5. The van der Waals surface area contributed by atoms with E-state index in [-0.39, 0.29) is 21.3 Å². The second-order valence-corrected chi connectivity index (χ2v) is 5.27. The highest BCUT2D eigenvalue weighted by molar-refractivity contribution is 7.99. The number of benzene rings is 1. The predicted molar refractivity (Wildman–Crippen MR) is 72.4 cm³/mol. The van der Waals surface area contributed by atoms with E-state index >= 15 is 0 Å². The first-order chi connectivity index (χ1) is 11.2. The number of alkyl halides is 3.